The van der Waals surface area contributed by atoms with Crippen molar-refractivity contribution in [2.75, 3.05) is 0 Å². The second-order valence-electron chi connectivity index (χ2n) is 9.31. The second-order valence-corrected chi connectivity index (χ2v) is 9.31. The minimum atomic E-state index is -0.447. The highest BCUT2D eigenvalue weighted by Gasteiger charge is 2.52. The Morgan fingerprint density at radius 3 is 2.33 bits per heavy atom. The summed E-state index contributed by atoms with van der Waals surface area (Å²) in [4.78, 5) is 22.9. The maximum Gasteiger partial charge on any atom is 0.291 e. The summed E-state index contributed by atoms with van der Waals surface area (Å²) in [5, 5.41) is 22.3. The van der Waals surface area contributed by atoms with E-state index in [0.717, 1.165) is 23.4 Å². The van der Waals surface area contributed by atoms with Crippen LogP contribution in [-0.4, -0.2) is 26.7 Å². The van der Waals surface area contributed by atoms with E-state index in [0.29, 0.717) is 17.0 Å². The summed E-state index contributed by atoms with van der Waals surface area (Å²) in [6.07, 6.45) is 7.74. The Morgan fingerprint density at radius 2 is 1.77 bits per heavy atom. The molecule has 30 heavy (non-hydrogen) atoms. The number of nitro groups is 1. The van der Waals surface area contributed by atoms with Crippen molar-refractivity contribution < 1.29 is 9.72 Å². The van der Waals surface area contributed by atoms with Gasteiger partial charge in [-0.3, -0.25) is 20.0 Å². The Labute approximate surface area is 174 Å². The van der Waals surface area contributed by atoms with Gasteiger partial charge < -0.3 is 0 Å². The fourth-order valence-electron chi connectivity index (χ4n) is 6.23. The van der Waals surface area contributed by atoms with Crippen LogP contribution < -0.4 is 5.43 Å². The molecule has 1 amide bonds. The summed E-state index contributed by atoms with van der Waals surface area (Å²) < 4.78 is 0. The summed E-state index contributed by atoms with van der Waals surface area (Å²) in [7, 11) is 0. The Balaban J connectivity index is 1.28. The van der Waals surface area contributed by atoms with Crippen molar-refractivity contribution in [3.63, 3.8) is 0 Å². The average Bonchev–Trinajstić information content (AvgIpc) is 3.22. The van der Waals surface area contributed by atoms with Crippen molar-refractivity contribution in [3.8, 4) is 0 Å². The summed E-state index contributed by atoms with van der Waals surface area (Å²) >= 11 is 0. The number of hydrazone groups is 1. The molecular formula is C22H25N5O3. The molecule has 4 saturated carbocycles. The van der Waals surface area contributed by atoms with Crippen LogP contribution in [0.15, 0.2) is 35.4 Å². The van der Waals surface area contributed by atoms with E-state index in [9.17, 15) is 14.9 Å². The summed E-state index contributed by atoms with van der Waals surface area (Å²) in [6, 6.07) is 7.97. The molecule has 0 unspecified atom stereocenters. The number of hydrogen-bond donors (Lipinski definition) is 2. The van der Waals surface area contributed by atoms with E-state index in [4.69, 9.17) is 0 Å². The van der Waals surface area contributed by atoms with Gasteiger partial charge in [-0.1, -0.05) is 0 Å². The number of H-pyrrole nitrogens is 1. The Hall–Kier alpha value is -3.03. The second kappa shape index (κ2) is 7.04. The summed E-state index contributed by atoms with van der Waals surface area (Å²) in [6.45, 7) is 1.74. The van der Waals surface area contributed by atoms with E-state index >= 15 is 0 Å². The maximum atomic E-state index is 12.6. The monoisotopic (exact) mass is 407 g/mol. The molecule has 2 N–H and O–H groups in total. The molecule has 0 atom stereocenters. The first kappa shape index (κ1) is 19.0. The Bertz CT molecular complexity index is 988. The van der Waals surface area contributed by atoms with Crippen LogP contribution in [0.5, 0.6) is 0 Å². The number of aromatic amines is 1. The molecule has 8 nitrogen and oxygen atoms in total. The molecule has 1 aromatic carbocycles. The van der Waals surface area contributed by atoms with E-state index < -0.39 is 4.92 Å². The molecular weight excluding hydrogens is 382 g/mol. The summed E-state index contributed by atoms with van der Waals surface area (Å²) in [5.74, 6) is 2.12. The zero-order valence-electron chi connectivity index (χ0n) is 16.9. The van der Waals surface area contributed by atoms with Crippen LogP contribution in [0.4, 0.5) is 5.69 Å². The molecule has 0 radical (unpaired) electrons. The zero-order chi connectivity index (χ0) is 20.9. The highest BCUT2D eigenvalue weighted by molar-refractivity contribution is 6.00. The third-order valence-electron chi connectivity index (χ3n) is 7.24. The topological polar surface area (TPSA) is 113 Å². The molecule has 4 aliphatic carbocycles. The average molecular weight is 407 g/mol. The Morgan fingerprint density at radius 1 is 1.17 bits per heavy atom. The smallest absolute Gasteiger partial charge is 0.281 e. The van der Waals surface area contributed by atoms with Crippen LogP contribution in [-0.2, 0) is 5.41 Å². The van der Waals surface area contributed by atoms with Gasteiger partial charge in [0, 0.05) is 23.2 Å². The number of non-ortho nitro benzene ring substituents is 1. The van der Waals surface area contributed by atoms with Crippen LogP contribution >= 0.6 is 0 Å². The number of nitrogens with zero attached hydrogens (tertiary/aromatic N) is 3. The normalized spacial score (nSPS) is 29.8. The Kier molecular flexibility index (Phi) is 4.45. The lowest BCUT2D eigenvalue weighted by Gasteiger charge is -2.56. The number of nitro benzene ring substituents is 1. The number of rotatable bonds is 5. The molecule has 0 aliphatic heterocycles. The minimum absolute atomic E-state index is 0.0179. The van der Waals surface area contributed by atoms with Crippen molar-refractivity contribution >= 4 is 17.3 Å². The SMILES string of the molecule is CC(=NNC(=O)c1cc(C23CC4CC(CC(C4)C2)C3)[nH]n1)c1ccc([N+](=O)[O-])cc1. The minimum Gasteiger partial charge on any atom is -0.281 e. The molecule has 4 fully saturated rings. The predicted molar refractivity (Wildman–Crippen MR) is 111 cm³/mol. The van der Waals surface area contributed by atoms with Gasteiger partial charge in [0.25, 0.3) is 11.6 Å². The van der Waals surface area contributed by atoms with Gasteiger partial charge in [0.05, 0.1) is 10.6 Å². The number of nitrogens with one attached hydrogen (secondary N) is 2. The van der Waals surface area contributed by atoms with E-state index in [1.165, 1.54) is 50.7 Å². The lowest BCUT2D eigenvalue weighted by atomic mass is 9.49. The molecule has 6 rings (SSSR count). The summed E-state index contributed by atoms with van der Waals surface area (Å²) in [5.41, 5.74) is 5.46. The maximum absolute atomic E-state index is 12.6. The van der Waals surface area contributed by atoms with Crippen LogP contribution in [0.2, 0.25) is 0 Å². The molecule has 4 bridgehead atoms. The fourth-order valence-corrected chi connectivity index (χ4v) is 6.23. The van der Waals surface area contributed by atoms with E-state index in [1.807, 2.05) is 6.07 Å². The van der Waals surface area contributed by atoms with Gasteiger partial charge in [-0.15, -0.1) is 0 Å². The fraction of sp³-hybridized carbons (Fsp3) is 0.500. The largest absolute Gasteiger partial charge is 0.291 e. The molecule has 0 spiro atoms. The highest BCUT2D eigenvalue weighted by atomic mass is 16.6. The van der Waals surface area contributed by atoms with Gasteiger partial charge in [0.15, 0.2) is 5.69 Å². The van der Waals surface area contributed by atoms with Crippen molar-refractivity contribution in [1.82, 2.24) is 15.6 Å². The van der Waals surface area contributed by atoms with E-state index in [1.54, 1.807) is 19.1 Å². The van der Waals surface area contributed by atoms with Crippen molar-refractivity contribution in [2.24, 2.45) is 22.9 Å². The van der Waals surface area contributed by atoms with Crippen LogP contribution in [0, 0.1) is 27.9 Å². The molecule has 1 aromatic heterocycles. The number of hydrogen-bond acceptors (Lipinski definition) is 5. The van der Waals surface area contributed by atoms with Crippen LogP contribution in [0.3, 0.4) is 0 Å². The van der Waals surface area contributed by atoms with E-state index in [-0.39, 0.29) is 17.0 Å². The van der Waals surface area contributed by atoms with Gasteiger partial charge >= 0.3 is 0 Å². The molecule has 4 aliphatic rings. The quantitative estimate of drug-likeness (QED) is 0.444. The number of carbonyl (C=O) groups is 1. The van der Waals surface area contributed by atoms with Crippen LogP contribution in [0.1, 0.15) is 67.2 Å². The number of aromatic nitrogens is 2. The number of amides is 1. The lowest BCUT2D eigenvalue weighted by Crippen LogP contribution is -2.48. The number of carbonyl (C=O) groups excluding carboxylic acids is 1. The molecule has 156 valence electrons. The van der Waals surface area contributed by atoms with Crippen molar-refractivity contribution in [1.29, 1.82) is 0 Å². The molecule has 2 aromatic rings. The highest BCUT2D eigenvalue weighted by Crippen LogP contribution is 2.60. The molecule has 0 saturated heterocycles. The first-order valence-electron chi connectivity index (χ1n) is 10.6. The van der Waals surface area contributed by atoms with Gasteiger partial charge in [-0.2, -0.15) is 10.2 Å². The molecule has 1 heterocycles. The van der Waals surface area contributed by atoms with Gasteiger partial charge in [0.2, 0.25) is 0 Å². The predicted octanol–water partition coefficient (Wildman–Crippen LogP) is 3.94. The van der Waals surface area contributed by atoms with Gasteiger partial charge in [-0.05, 0) is 87.0 Å². The third-order valence-corrected chi connectivity index (χ3v) is 7.24. The van der Waals surface area contributed by atoms with Crippen molar-refractivity contribution in [2.45, 2.75) is 50.9 Å². The number of benzene rings is 1. The van der Waals surface area contributed by atoms with E-state index in [2.05, 4.69) is 20.7 Å². The standard InChI is InChI=1S/C22H25N5O3/c1-13(17-2-4-18(5-3-17)27(29)30)23-26-21(28)19-9-20(25-24-19)22-10-14-6-15(11-22)8-16(7-14)12-22/h2-5,9,14-16H,6-8,10-12H2,1H3,(H,24,25)(H,26,28). The molecule has 8 heteroatoms. The van der Waals surface area contributed by atoms with Gasteiger partial charge in [-0.25, -0.2) is 5.43 Å². The zero-order valence-corrected chi connectivity index (χ0v) is 16.9. The first-order valence-corrected chi connectivity index (χ1v) is 10.6. The lowest BCUT2D eigenvalue weighted by molar-refractivity contribution is -0.384. The van der Waals surface area contributed by atoms with Crippen LogP contribution in [0.25, 0.3) is 0 Å². The van der Waals surface area contributed by atoms with Gasteiger partial charge in [0.1, 0.15) is 0 Å². The van der Waals surface area contributed by atoms with Crippen molar-refractivity contribution in [3.05, 3.63) is 57.4 Å². The third kappa shape index (κ3) is 3.30. The first-order chi connectivity index (χ1) is 14.4.